The fourth-order valence-corrected chi connectivity index (χ4v) is 3.25. The Morgan fingerprint density at radius 1 is 1.27 bits per heavy atom. The van der Waals surface area contributed by atoms with Gasteiger partial charge in [0.05, 0.1) is 36.0 Å². The Morgan fingerprint density at radius 3 is 2.58 bits per heavy atom. The van der Waals surface area contributed by atoms with Gasteiger partial charge in [-0.05, 0) is 24.1 Å². The van der Waals surface area contributed by atoms with Crippen LogP contribution in [0, 0.1) is 21.8 Å². The topological polar surface area (TPSA) is 146 Å². The van der Waals surface area contributed by atoms with E-state index in [2.05, 4.69) is 10.6 Å². The molecule has 0 radical (unpaired) electrons. The largest absolute Gasteiger partial charge is 0.488 e. The molecular formula is C22H25FN4O6. The van der Waals surface area contributed by atoms with Gasteiger partial charge in [-0.25, -0.2) is 4.39 Å². The highest BCUT2D eigenvalue weighted by atomic mass is 19.1. The summed E-state index contributed by atoms with van der Waals surface area (Å²) in [6, 6.07) is 6.77. The van der Waals surface area contributed by atoms with Gasteiger partial charge in [-0.3, -0.25) is 14.9 Å². The molecule has 0 spiro atoms. The smallest absolute Gasteiger partial charge is 0.297 e. The van der Waals surface area contributed by atoms with Gasteiger partial charge in [0.2, 0.25) is 0 Å². The summed E-state index contributed by atoms with van der Waals surface area (Å²) in [5, 5.41) is 17.9. The van der Waals surface area contributed by atoms with Crippen molar-refractivity contribution in [1.82, 2.24) is 0 Å². The number of halogens is 1. The van der Waals surface area contributed by atoms with E-state index in [4.69, 9.17) is 15.2 Å². The number of nitrogens with two attached hydrogens (primary N) is 1. The summed E-state index contributed by atoms with van der Waals surface area (Å²) in [4.78, 5) is 34.0. The third-order valence-electron chi connectivity index (χ3n) is 5.08. The molecule has 1 aliphatic rings. The molecule has 0 aliphatic carbocycles. The minimum absolute atomic E-state index is 0.0625. The molecule has 1 amide bonds. The molecule has 2 aromatic rings. The minimum Gasteiger partial charge on any atom is -0.488 e. The van der Waals surface area contributed by atoms with Crippen LogP contribution in [0.1, 0.15) is 28.8 Å². The van der Waals surface area contributed by atoms with E-state index in [1.165, 1.54) is 12.1 Å². The summed E-state index contributed by atoms with van der Waals surface area (Å²) in [5.41, 5.74) is 5.99. The van der Waals surface area contributed by atoms with E-state index in [1.54, 1.807) is 12.1 Å². The van der Waals surface area contributed by atoms with Crippen LogP contribution in [0.3, 0.4) is 0 Å². The molecule has 3 rings (SSSR count). The number of carbonyl (C=O) groups is 2. The standard InChI is InChI=1S/C22H25FN4O6/c23-16-5-3-14(4-6-16)10-26-20-18(27(30)31)9-17(22(24)29)19(25-7-1-2-8-28)21(20)33-13-15-11-32-12-15/h3-6,8-9,15,25-26H,1-2,7,10-13H2,(H2,24,29). The van der Waals surface area contributed by atoms with Crippen LogP contribution < -0.4 is 21.1 Å². The van der Waals surface area contributed by atoms with Gasteiger partial charge in [-0.15, -0.1) is 0 Å². The zero-order valence-electron chi connectivity index (χ0n) is 17.8. The number of anilines is 2. The Kier molecular flexibility index (Phi) is 8.14. The van der Waals surface area contributed by atoms with Crippen molar-refractivity contribution in [2.45, 2.75) is 19.4 Å². The Hall–Kier alpha value is -3.73. The molecule has 2 aromatic carbocycles. The predicted octanol–water partition coefficient (Wildman–Crippen LogP) is 2.86. The van der Waals surface area contributed by atoms with Crippen molar-refractivity contribution < 1.29 is 28.4 Å². The second-order valence-corrected chi connectivity index (χ2v) is 7.57. The van der Waals surface area contributed by atoms with Gasteiger partial charge in [-0.1, -0.05) is 12.1 Å². The van der Waals surface area contributed by atoms with Crippen LogP contribution in [0.4, 0.5) is 21.5 Å². The molecule has 1 saturated heterocycles. The van der Waals surface area contributed by atoms with Crippen molar-refractivity contribution in [3.05, 3.63) is 57.4 Å². The van der Waals surface area contributed by atoms with Gasteiger partial charge < -0.3 is 30.6 Å². The van der Waals surface area contributed by atoms with Crippen molar-refractivity contribution >= 4 is 29.3 Å². The van der Waals surface area contributed by atoms with Crippen molar-refractivity contribution in [2.75, 3.05) is 37.0 Å². The highest BCUT2D eigenvalue weighted by Gasteiger charge is 2.29. The van der Waals surface area contributed by atoms with Crippen LogP contribution in [-0.2, 0) is 16.1 Å². The highest BCUT2D eigenvalue weighted by molar-refractivity contribution is 6.03. The number of hydrogen-bond donors (Lipinski definition) is 3. The van der Waals surface area contributed by atoms with Gasteiger partial charge in [0.15, 0.2) is 11.4 Å². The summed E-state index contributed by atoms with van der Waals surface area (Å²) in [5.74, 6) is -1.07. The molecule has 1 aliphatic heterocycles. The molecule has 33 heavy (non-hydrogen) atoms. The number of aldehydes is 1. The summed E-state index contributed by atoms with van der Waals surface area (Å²) >= 11 is 0. The number of nitro groups is 1. The Bertz CT molecular complexity index is 1010. The second-order valence-electron chi connectivity index (χ2n) is 7.57. The number of primary amides is 1. The second kappa shape index (κ2) is 11.2. The number of carbonyl (C=O) groups excluding carboxylic acids is 2. The van der Waals surface area contributed by atoms with Crippen molar-refractivity contribution in [2.24, 2.45) is 11.7 Å². The minimum atomic E-state index is -0.863. The lowest BCUT2D eigenvalue weighted by Crippen LogP contribution is -2.33. The summed E-state index contributed by atoms with van der Waals surface area (Å²) in [7, 11) is 0. The van der Waals surface area contributed by atoms with Gasteiger partial charge >= 0.3 is 0 Å². The molecule has 0 unspecified atom stereocenters. The SMILES string of the molecule is NC(=O)c1cc([N+](=O)[O-])c(NCc2ccc(F)cc2)c(OCC2COC2)c1NCCCC=O. The van der Waals surface area contributed by atoms with E-state index in [-0.39, 0.29) is 47.4 Å². The van der Waals surface area contributed by atoms with E-state index in [9.17, 15) is 24.1 Å². The van der Waals surface area contributed by atoms with Crippen molar-refractivity contribution in [1.29, 1.82) is 0 Å². The zero-order chi connectivity index (χ0) is 23.8. The summed E-state index contributed by atoms with van der Waals surface area (Å²) < 4.78 is 24.4. The van der Waals surface area contributed by atoms with Crippen LogP contribution in [0.15, 0.2) is 30.3 Å². The lowest BCUT2D eigenvalue weighted by Gasteiger charge is -2.27. The normalized spacial score (nSPS) is 13.1. The summed E-state index contributed by atoms with van der Waals surface area (Å²) in [6.07, 6.45) is 1.56. The zero-order valence-corrected chi connectivity index (χ0v) is 17.8. The number of rotatable bonds is 13. The van der Waals surface area contributed by atoms with Gasteiger partial charge in [-0.2, -0.15) is 0 Å². The monoisotopic (exact) mass is 460 g/mol. The molecule has 1 heterocycles. The van der Waals surface area contributed by atoms with Crippen molar-refractivity contribution in [3.8, 4) is 5.75 Å². The molecule has 176 valence electrons. The molecule has 11 heteroatoms. The maximum absolute atomic E-state index is 13.2. The molecule has 0 bridgehead atoms. The number of hydrogen-bond acceptors (Lipinski definition) is 8. The van der Waals surface area contributed by atoms with E-state index in [0.29, 0.717) is 38.2 Å². The molecule has 0 aromatic heterocycles. The van der Waals surface area contributed by atoms with Crippen LogP contribution in [0.25, 0.3) is 0 Å². The summed E-state index contributed by atoms with van der Waals surface area (Å²) in [6.45, 7) is 1.67. The van der Waals surface area contributed by atoms with Crippen LogP contribution >= 0.6 is 0 Å². The highest BCUT2D eigenvalue weighted by Crippen LogP contribution is 2.44. The van der Waals surface area contributed by atoms with E-state index in [1.807, 2.05) is 0 Å². The first-order valence-electron chi connectivity index (χ1n) is 10.4. The predicted molar refractivity (Wildman–Crippen MR) is 119 cm³/mol. The van der Waals surface area contributed by atoms with Crippen molar-refractivity contribution in [3.63, 3.8) is 0 Å². The fourth-order valence-electron chi connectivity index (χ4n) is 3.25. The third-order valence-corrected chi connectivity index (χ3v) is 5.08. The number of unbranched alkanes of at least 4 members (excludes halogenated alkanes) is 1. The maximum Gasteiger partial charge on any atom is 0.297 e. The Balaban J connectivity index is 2.02. The van der Waals surface area contributed by atoms with Gasteiger partial charge in [0, 0.05) is 31.5 Å². The van der Waals surface area contributed by atoms with Crippen LogP contribution in [-0.4, -0.2) is 43.5 Å². The van der Waals surface area contributed by atoms with Crippen LogP contribution in [0.2, 0.25) is 0 Å². The van der Waals surface area contributed by atoms with E-state index in [0.717, 1.165) is 12.4 Å². The maximum atomic E-state index is 13.2. The molecule has 0 atom stereocenters. The van der Waals surface area contributed by atoms with E-state index < -0.39 is 16.6 Å². The lowest BCUT2D eigenvalue weighted by atomic mass is 10.1. The fraction of sp³-hybridized carbons (Fsp3) is 0.364. The Labute approximate surface area is 189 Å². The quantitative estimate of drug-likeness (QED) is 0.179. The number of nitrogens with zero attached hydrogens (tertiary/aromatic N) is 1. The number of nitro benzene ring substituents is 1. The van der Waals surface area contributed by atoms with Gasteiger partial charge in [0.1, 0.15) is 12.1 Å². The average Bonchev–Trinajstić information content (AvgIpc) is 2.75. The molecule has 4 N–H and O–H groups in total. The van der Waals surface area contributed by atoms with Gasteiger partial charge in [0.25, 0.3) is 11.6 Å². The molecule has 0 saturated carbocycles. The first kappa shape index (κ1) is 23.9. The van der Waals surface area contributed by atoms with Crippen LogP contribution in [0.5, 0.6) is 5.75 Å². The molecule has 10 nitrogen and oxygen atoms in total. The number of amides is 1. The average molecular weight is 460 g/mol. The number of nitrogens with one attached hydrogen (secondary N) is 2. The molecular weight excluding hydrogens is 435 g/mol. The van der Waals surface area contributed by atoms with E-state index >= 15 is 0 Å². The lowest BCUT2D eigenvalue weighted by molar-refractivity contribution is -0.384. The number of ether oxygens (including phenoxy) is 2. The Morgan fingerprint density at radius 2 is 2.00 bits per heavy atom. The first-order chi connectivity index (χ1) is 15.9. The first-order valence-corrected chi connectivity index (χ1v) is 10.4. The third kappa shape index (κ3) is 6.16. The molecule has 1 fully saturated rings. The number of benzene rings is 2.